The fraction of sp³-hybridized carbons (Fsp3) is 0.304. The molecule has 0 radical (unpaired) electrons. The van der Waals surface area contributed by atoms with Crippen LogP contribution in [0.1, 0.15) is 12.0 Å². The van der Waals surface area contributed by atoms with Crippen molar-refractivity contribution in [3.8, 4) is 17.6 Å². The third-order valence-corrected chi connectivity index (χ3v) is 4.68. The number of rotatable bonds is 9. The van der Waals surface area contributed by atoms with Gasteiger partial charge < -0.3 is 23.7 Å². The van der Waals surface area contributed by atoms with Gasteiger partial charge in [0.2, 0.25) is 12.2 Å². The highest BCUT2D eigenvalue weighted by Gasteiger charge is 2.38. The van der Waals surface area contributed by atoms with Crippen molar-refractivity contribution in [3.63, 3.8) is 0 Å². The van der Waals surface area contributed by atoms with Gasteiger partial charge in [-0.3, -0.25) is 0 Å². The van der Waals surface area contributed by atoms with E-state index in [2.05, 4.69) is 9.97 Å². The van der Waals surface area contributed by atoms with Gasteiger partial charge in [-0.25, -0.2) is 4.98 Å². The lowest BCUT2D eigenvalue weighted by Gasteiger charge is -2.19. The van der Waals surface area contributed by atoms with Gasteiger partial charge in [0.05, 0.1) is 19.8 Å². The highest BCUT2D eigenvalue weighted by atomic mass is 16.7. The van der Waals surface area contributed by atoms with E-state index in [0.717, 1.165) is 11.3 Å². The second-order valence-electron chi connectivity index (χ2n) is 6.80. The molecule has 0 unspecified atom stereocenters. The Hall–Kier alpha value is -3.16. The Bertz CT molecular complexity index is 910. The summed E-state index contributed by atoms with van der Waals surface area (Å²) < 4.78 is 29.1. The molecule has 0 aliphatic carbocycles. The molecule has 1 aliphatic rings. The minimum atomic E-state index is -0.423. The molecule has 3 aromatic rings. The number of hydrogen-bond acceptors (Lipinski definition) is 7. The molecule has 1 aliphatic heterocycles. The number of benzene rings is 2. The number of ether oxygens (including phenoxy) is 5. The highest BCUT2D eigenvalue weighted by molar-refractivity contribution is 5.21. The van der Waals surface area contributed by atoms with Crippen molar-refractivity contribution in [3.05, 3.63) is 78.5 Å². The third kappa shape index (κ3) is 5.46. The molecule has 7 heteroatoms. The molecule has 2 aromatic carbocycles. The number of nitrogens with zero attached hydrogens (tertiary/aromatic N) is 2. The van der Waals surface area contributed by atoms with E-state index in [0.29, 0.717) is 18.9 Å². The Morgan fingerprint density at radius 1 is 1.00 bits per heavy atom. The Morgan fingerprint density at radius 3 is 2.53 bits per heavy atom. The Labute approximate surface area is 175 Å². The van der Waals surface area contributed by atoms with Crippen LogP contribution < -0.4 is 14.2 Å². The summed E-state index contributed by atoms with van der Waals surface area (Å²) in [5.74, 6) is 1.19. The quantitative estimate of drug-likeness (QED) is 0.535. The molecule has 4 rings (SSSR count). The van der Waals surface area contributed by atoms with Crippen LogP contribution in [0.2, 0.25) is 0 Å². The first-order chi connectivity index (χ1) is 14.8. The van der Waals surface area contributed by atoms with Crippen LogP contribution in [0, 0.1) is 0 Å². The lowest BCUT2D eigenvalue weighted by molar-refractivity contribution is -0.0977. The molecular weight excluding hydrogens is 384 g/mol. The minimum Gasteiger partial charge on any atom is -0.481 e. The lowest BCUT2D eigenvalue weighted by Crippen LogP contribution is -2.31. The molecule has 3 atom stereocenters. The molecule has 0 N–H and O–H groups in total. The van der Waals surface area contributed by atoms with E-state index >= 15 is 0 Å². The Balaban J connectivity index is 1.40. The van der Waals surface area contributed by atoms with Crippen molar-refractivity contribution in [1.29, 1.82) is 0 Å². The summed E-state index contributed by atoms with van der Waals surface area (Å²) in [4.78, 5) is 8.29. The second kappa shape index (κ2) is 10.0. The first-order valence-electron chi connectivity index (χ1n) is 9.82. The van der Waals surface area contributed by atoms with Crippen LogP contribution in [0.4, 0.5) is 0 Å². The molecule has 7 nitrogen and oxygen atoms in total. The zero-order valence-corrected chi connectivity index (χ0v) is 16.7. The molecule has 1 aromatic heterocycles. The molecule has 0 amide bonds. The second-order valence-corrected chi connectivity index (χ2v) is 6.80. The summed E-state index contributed by atoms with van der Waals surface area (Å²) in [6.07, 6.45) is 1.24. The van der Waals surface area contributed by atoms with Gasteiger partial charge in [0.25, 0.3) is 0 Å². The minimum absolute atomic E-state index is 0.190. The van der Waals surface area contributed by atoms with Crippen LogP contribution >= 0.6 is 0 Å². The largest absolute Gasteiger partial charge is 0.481 e. The Morgan fingerprint density at radius 2 is 1.77 bits per heavy atom. The first-order valence-corrected chi connectivity index (χ1v) is 9.82. The molecule has 156 valence electrons. The molecule has 1 fully saturated rings. The summed E-state index contributed by atoms with van der Waals surface area (Å²) >= 11 is 0. The number of methoxy groups -OCH3 is 1. The van der Waals surface area contributed by atoms with E-state index < -0.39 is 6.29 Å². The van der Waals surface area contributed by atoms with Gasteiger partial charge in [0, 0.05) is 18.7 Å². The smallest absolute Gasteiger partial charge is 0.319 e. The fourth-order valence-electron chi connectivity index (χ4n) is 3.17. The summed E-state index contributed by atoms with van der Waals surface area (Å²) in [6.45, 7) is 0.723. The predicted octanol–water partition coefficient (Wildman–Crippen LogP) is 3.64. The molecule has 0 saturated carbocycles. The van der Waals surface area contributed by atoms with Crippen molar-refractivity contribution in [1.82, 2.24) is 9.97 Å². The van der Waals surface area contributed by atoms with Gasteiger partial charge in [-0.05, 0) is 17.7 Å². The first kappa shape index (κ1) is 20.1. The maximum Gasteiger partial charge on any atom is 0.319 e. The number of hydrogen-bond donors (Lipinski definition) is 0. The normalized spacial score (nSPS) is 20.6. The SMILES string of the molecule is COc1ccnc(OC[C@H]2O[C@H](Oc3ccccc3)C[C@@H]2OCc2ccccc2)n1. The lowest BCUT2D eigenvalue weighted by atomic mass is 10.2. The van der Waals surface area contributed by atoms with Crippen LogP contribution in [0.3, 0.4) is 0 Å². The Kier molecular flexibility index (Phi) is 6.74. The predicted molar refractivity (Wildman–Crippen MR) is 109 cm³/mol. The average molecular weight is 408 g/mol. The van der Waals surface area contributed by atoms with Crippen molar-refractivity contribution in [2.24, 2.45) is 0 Å². The van der Waals surface area contributed by atoms with E-state index in [-0.39, 0.29) is 24.8 Å². The van der Waals surface area contributed by atoms with Gasteiger partial charge in [-0.15, -0.1) is 0 Å². The van der Waals surface area contributed by atoms with Crippen molar-refractivity contribution in [2.45, 2.75) is 31.5 Å². The van der Waals surface area contributed by atoms with Crippen molar-refractivity contribution in [2.75, 3.05) is 13.7 Å². The maximum absolute atomic E-state index is 6.15. The van der Waals surface area contributed by atoms with Crippen molar-refractivity contribution < 1.29 is 23.7 Å². The van der Waals surface area contributed by atoms with E-state index in [1.54, 1.807) is 19.4 Å². The molecule has 1 saturated heterocycles. The van der Waals surface area contributed by atoms with Crippen molar-refractivity contribution >= 4 is 0 Å². The highest BCUT2D eigenvalue weighted by Crippen LogP contribution is 2.27. The van der Waals surface area contributed by atoms with Crippen LogP contribution in [0.25, 0.3) is 0 Å². The topological polar surface area (TPSA) is 71.9 Å². The molecule has 2 heterocycles. The monoisotopic (exact) mass is 408 g/mol. The average Bonchev–Trinajstić information content (AvgIpc) is 3.19. The number of para-hydroxylation sites is 1. The van der Waals surface area contributed by atoms with Crippen LogP contribution in [0.15, 0.2) is 72.9 Å². The molecular formula is C23H24N2O5. The molecule has 30 heavy (non-hydrogen) atoms. The fourth-order valence-corrected chi connectivity index (χ4v) is 3.17. The van der Waals surface area contributed by atoms with Crippen LogP contribution in [-0.2, 0) is 16.1 Å². The van der Waals surface area contributed by atoms with E-state index in [1.165, 1.54) is 0 Å². The van der Waals surface area contributed by atoms with Crippen LogP contribution in [-0.4, -0.2) is 42.2 Å². The third-order valence-electron chi connectivity index (χ3n) is 4.68. The summed E-state index contributed by atoms with van der Waals surface area (Å²) in [7, 11) is 1.55. The molecule has 0 spiro atoms. The zero-order valence-electron chi connectivity index (χ0n) is 16.7. The van der Waals surface area contributed by atoms with Gasteiger partial charge in [0.1, 0.15) is 18.5 Å². The standard InChI is InChI=1S/C23H24N2O5/c1-26-21-12-13-24-23(25-21)28-16-20-19(27-15-17-8-4-2-5-9-17)14-22(30-20)29-18-10-6-3-7-11-18/h2-13,19-20,22H,14-16H2,1H3/t19-,20+,22-/m0/s1. The van der Waals surface area contributed by atoms with Crippen LogP contribution in [0.5, 0.6) is 17.6 Å². The van der Waals surface area contributed by atoms with E-state index in [4.69, 9.17) is 23.7 Å². The molecule has 0 bridgehead atoms. The summed E-state index contributed by atoms with van der Waals surface area (Å²) in [6, 6.07) is 21.5. The van der Waals surface area contributed by atoms with E-state index in [1.807, 2.05) is 60.7 Å². The zero-order chi connectivity index (χ0) is 20.6. The number of aromatic nitrogens is 2. The van der Waals surface area contributed by atoms with Gasteiger partial charge in [-0.2, -0.15) is 4.98 Å². The van der Waals surface area contributed by atoms with E-state index in [9.17, 15) is 0 Å². The maximum atomic E-state index is 6.15. The summed E-state index contributed by atoms with van der Waals surface area (Å²) in [5, 5.41) is 0. The van der Waals surface area contributed by atoms with Gasteiger partial charge in [-0.1, -0.05) is 48.5 Å². The van der Waals surface area contributed by atoms with Gasteiger partial charge >= 0.3 is 6.01 Å². The summed E-state index contributed by atoms with van der Waals surface area (Å²) in [5.41, 5.74) is 1.10. The van der Waals surface area contributed by atoms with Gasteiger partial charge in [0.15, 0.2) is 0 Å².